The zero-order valence-corrected chi connectivity index (χ0v) is 17.0. The van der Waals surface area contributed by atoms with Crippen molar-refractivity contribution in [1.82, 2.24) is 9.62 Å². The van der Waals surface area contributed by atoms with Crippen LogP contribution in [0.1, 0.15) is 19.4 Å². The minimum Gasteiger partial charge on any atom is -0.506 e. The zero-order chi connectivity index (χ0) is 21.7. The van der Waals surface area contributed by atoms with Crippen LogP contribution in [0.25, 0.3) is 0 Å². The smallest absolute Gasteiger partial charge is 0.407 e. The quantitative estimate of drug-likeness (QED) is 0.627. The Morgan fingerprint density at radius 2 is 2.10 bits per heavy atom. The van der Waals surface area contributed by atoms with E-state index in [1.54, 1.807) is 16.7 Å². The van der Waals surface area contributed by atoms with Crippen molar-refractivity contribution in [3.05, 3.63) is 17.4 Å². The molecule has 1 fully saturated rings. The van der Waals surface area contributed by atoms with Crippen LogP contribution < -0.4 is 13.9 Å². The number of likely N-dealkylation sites (N-methyl/N-ethyl adjacent to an activating group) is 1. The van der Waals surface area contributed by atoms with Crippen molar-refractivity contribution in [1.29, 1.82) is 0 Å². The number of phenols is 1. The van der Waals surface area contributed by atoms with Crippen LogP contribution in [0.5, 0.6) is 5.75 Å². The first-order valence-corrected chi connectivity index (χ1v) is 10.4. The van der Waals surface area contributed by atoms with Gasteiger partial charge in [0.2, 0.25) is 0 Å². The van der Waals surface area contributed by atoms with Gasteiger partial charge in [-0.1, -0.05) is 13.8 Å². The molecule has 0 aromatic heterocycles. The van der Waals surface area contributed by atoms with Crippen LogP contribution in [0, 0.1) is 11.7 Å². The summed E-state index contributed by atoms with van der Waals surface area (Å²) in [6, 6.07) is 0.846. The van der Waals surface area contributed by atoms with Gasteiger partial charge < -0.3 is 20.0 Å². The summed E-state index contributed by atoms with van der Waals surface area (Å²) in [4.78, 5) is 25.9. The van der Waals surface area contributed by atoms with Gasteiger partial charge in [-0.25, -0.2) is 18.2 Å². The summed E-state index contributed by atoms with van der Waals surface area (Å²) in [6.45, 7) is 3.58. The number of carbonyl (C=O) groups excluding carboxylic acids is 1. The molecule has 0 saturated carbocycles. The maximum absolute atomic E-state index is 15.2. The number of amides is 2. The molecule has 0 spiro atoms. The lowest BCUT2D eigenvalue weighted by molar-refractivity contribution is -0.117. The number of carboxylic acid groups (broad SMARTS) is 1. The Morgan fingerprint density at radius 1 is 1.45 bits per heavy atom. The van der Waals surface area contributed by atoms with Gasteiger partial charge in [-0.2, -0.15) is 8.42 Å². The van der Waals surface area contributed by atoms with Gasteiger partial charge in [-0.15, -0.1) is 0 Å². The molecule has 0 radical (unpaired) electrons. The van der Waals surface area contributed by atoms with Crippen LogP contribution in [0.15, 0.2) is 6.07 Å². The highest BCUT2D eigenvalue weighted by molar-refractivity contribution is 7.92. The van der Waals surface area contributed by atoms with E-state index in [-0.39, 0.29) is 30.5 Å². The Hall–Kier alpha value is -2.76. The molecule has 160 valence electrons. The minimum atomic E-state index is -4.29. The highest BCUT2D eigenvalue weighted by Crippen LogP contribution is 2.44. The second kappa shape index (κ2) is 7.25. The molecule has 1 saturated heterocycles. The van der Waals surface area contributed by atoms with Crippen molar-refractivity contribution < 1.29 is 32.6 Å². The van der Waals surface area contributed by atoms with Gasteiger partial charge in [0.1, 0.15) is 18.0 Å². The Morgan fingerprint density at radius 3 is 2.62 bits per heavy atom. The third kappa shape index (κ3) is 3.76. The van der Waals surface area contributed by atoms with E-state index in [0.29, 0.717) is 16.5 Å². The molecule has 1 aromatic rings. The summed E-state index contributed by atoms with van der Waals surface area (Å²) in [5.41, 5.74) is -0.0809. The van der Waals surface area contributed by atoms with E-state index in [1.165, 1.54) is 11.0 Å². The fourth-order valence-electron chi connectivity index (χ4n) is 3.73. The zero-order valence-electron chi connectivity index (χ0n) is 16.2. The number of halogens is 1. The lowest BCUT2D eigenvalue weighted by atomic mass is 10.1. The van der Waals surface area contributed by atoms with E-state index in [0.717, 1.165) is 0 Å². The van der Waals surface area contributed by atoms with E-state index in [9.17, 15) is 28.2 Å². The molecule has 0 unspecified atom stereocenters. The van der Waals surface area contributed by atoms with Crippen LogP contribution in [0.4, 0.5) is 20.6 Å². The number of phenolic OH excluding ortho intramolecular Hbond substituents is 1. The molecule has 2 heterocycles. The van der Waals surface area contributed by atoms with Gasteiger partial charge in [0.05, 0.1) is 6.04 Å². The molecule has 29 heavy (non-hydrogen) atoms. The summed E-state index contributed by atoms with van der Waals surface area (Å²) in [7, 11) is -2.63. The summed E-state index contributed by atoms with van der Waals surface area (Å²) < 4.78 is 41.6. The molecule has 0 bridgehead atoms. The molecule has 1 atom stereocenters. The van der Waals surface area contributed by atoms with Crippen LogP contribution in [0.3, 0.4) is 0 Å². The number of carbonyl (C=O) groups is 2. The van der Waals surface area contributed by atoms with E-state index >= 15 is 4.39 Å². The summed E-state index contributed by atoms with van der Waals surface area (Å²) in [5, 5.41) is 19.7. The first-order valence-electron chi connectivity index (χ1n) is 9.00. The Bertz CT molecular complexity index is 967. The standard InChI is InChI=1S/C17H23FN4O6S/c1-9(2)6-21(17(25)26)7-10-4-11-12(20(10)3)5-13(23)16(15(11)18)22-8-14(24)19-29(22,27)28/h5,9-10,23H,4,6-8H2,1-3H3,(H,19,24)(H,25,26)/t10-/m1/s1. The Kier molecular flexibility index (Phi) is 5.24. The monoisotopic (exact) mass is 430 g/mol. The van der Waals surface area contributed by atoms with Crippen molar-refractivity contribution >= 4 is 33.6 Å². The first-order chi connectivity index (χ1) is 13.4. The van der Waals surface area contributed by atoms with Crippen molar-refractivity contribution in [2.45, 2.75) is 26.3 Å². The van der Waals surface area contributed by atoms with Crippen molar-refractivity contribution in [3.63, 3.8) is 0 Å². The fraction of sp³-hybridized carbons (Fsp3) is 0.529. The van der Waals surface area contributed by atoms with Crippen molar-refractivity contribution in [2.24, 2.45) is 5.92 Å². The maximum atomic E-state index is 15.2. The van der Waals surface area contributed by atoms with Crippen LogP contribution in [0.2, 0.25) is 0 Å². The van der Waals surface area contributed by atoms with Gasteiger partial charge >= 0.3 is 16.3 Å². The number of benzene rings is 1. The normalized spacial score (nSPS) is 20.2. The molecule has 2 amide bonds. The van der Waals surface area contributed by atoms with Crippen LogP contribution in [-0.4, -0.2) is 68.3 Å². The summed E-state index contributed by atoms with van der Waals surface area (Å²) >= 11 is 0. The largest absolute Gasteiger partial charge is 0.506 e. The van der Waals surface area contributed by atoms with E-state index in [2.05, 4.69) is 0 Å². The number of hydrogen-bond donors (Lipinski definition) is 3. The maximum Gasteiger partial charge on any atom is 0.407 e. The topological polar surface area (TPSA) is 130 Å². The molecule has 1 aromatic carbocycles. The predicted molar refractivity (Wildman–Crippen MR) is 103 cm³/mol. The number of hydrogen-bond acceptors (Lipinski definition) is 6. The highest BCUT2D eigenvalue weighted by atomic mass is 32.2. The average molecular weight is 430 g/mol. The van der Waals surface area contributed by atoms with Crippen molar-refractivity contribution in [2.75, 3.05) is 35.9 Å². The van der Waals surface area contributed by atoms with E-state index in [4.69, 9.17) is 0 Å². The molecule has 10 nitrogen and oxygen atoms in total. The van der Waals surface area contributed by atoms with E-state index in [1.807, 2.05) is 13.8 Å². The SMILES string of the molecule is CC(C)CN(C[C@H]1Cc2c(cc(O)c(N3CC(=O)NS3(=O)=O)c2F)N1C)C(=O)O. The van der Waals surface area contributed by atoms with Gasteiger partial charge in [0, 0.05) is 37.5 Å². The lowest BCUT2D eigenvalue weighted by Crippen LogP contribution is -2.44. The van der Waals surface area contributed by atoms with Crippen LogP contribution >= 0.6 is 0 Å². The lowest BCUT2D eigenvalue weighted by Gasteiger charge is -2.29. The molecule has 3 rings (SSSR count). The predicted octanol–water partition coefficient (Wildman–Crippen LogP) is 0.709. The fourth-order valence-corrected chi connectivity index (χ4v) is 4.89. The molecule has 12 heteroatoms. The van der Waals surface area contributed by atoms with Gasteiger partial charge in [-0.3, -0.25) is 4.79 Å². The number of aromatic hydroxyl groups is 1. The van der Waals surface area contributed by atoms with Gasteiger partial charge in [0.15, 0.2) is 5.82 Å². The summed E-state index contributed by atoms with van der Waals surface area (Å²) in [5.74, 6) is -2.28. The molecular weight excluding hydrogens is 407 g/mol. The minimum absolute atomic E-state index is 0.109. The number of nitrogens with zero attached hydrogens (tertiary/aromatic N) is 3. The third-order valence-corrected chi connectivity index (χ3v) is 6.40. The number of nitrogens with one attached hydrogen (secondary N) is 1. The average Bonchev–Trinajstić information content (AvgIpc) is 3.03. The van der Waals surface area contributed by atoms with Gasteiger partial charge in [0.25, 0.3) is 5.91 Å². The number of anilines is 2. The first kappa shape index (κ1) is 21.0. The number of fused-ring (bicyclic) bond motifs is 1. The molecule has 2 aliphatic heterocycles. The van der Waals surface area contributed by atoms with E-state index < -0.39 is 46.0 Å². The summed E-state index contributed by atoms with van der Waals surface area (Å²) in [6.07, 6.45) is -0.956. The second-order valence-electron chi connectivity index (χ2n) is 7.64. The second-order valence-corrected chi connectivity index (χ2v) is 9.24. The Labute approximate surface area is 167 Å². The van der Waals surface area contributed by atoms with Crippen molar-refractivity contribution in [3.8, 4) is 5.75 Å². The number of rotatable bonds is 5. The van der Waals surface area contributed by atoms with Gasteiger partial charge in [-0.05, 0) is 12.3 Å². The Balaban J connectivity index is 1.94. The van der Waals surface area contributed by atoms with Crippen LogP contribution in [-0.2, 0) is 21.4 Å². The molecule has 0 aliphatic carbocycles. The third-order valence-electron chi connectivity index (χ3n) is 5.02. The highest BCUT2D eigenvalue weighted by Gasteiger charge is 2.41. The molecular formula is C17H23FN4O6S. The molecule has 3 N–H and O–H groups in total. The molecule has 2 aliphatic rings.